The Balaban J connectivity index is 2.06. The largest absolute Gasteiger partial charge is 0.465 e. The molecule has 0 amide bonds. The number of carbonyl (C=O) groups is 1. The number of nitrogens with two attached hydrogens (primary N) is 1. The van der Waals surface area contributed by atoms with E-state index in [0.29, 0.717) is 10.6 Å². The van der Waals surface area contributed by atoms with Gasteiger partial charge in [0.05, 0.1) is 11.5 Å². The molecule has 26 heavy (non-hydrogen) atoms. The maximum Gasteiger partial charge on any atom is 0.328 e. The second kappa shape index (κ2) is 6.68. The Morgan fingerprint density at radius 1 is 1.15 bits per heavy atom. The number of sulfone groups is 1. The number of aryl methyl sites for hydroxylation is 1. The van der Waals surface area contributed by atoms with E-state index in [9.17, 15) is 13.2 Å². The summed E-state index contributed by atoms with van der Waals surface area (Å²) in [7, 11) is -3.85. The lowest BCUT2D eigenvalue weighted by molar-refractivity contribution is -0.145. The molecule has 1 aliphatic rings. The van der Waals surface area contributed by atoms with E-state index in [1.807, 2.05) is 19.1 Å². The number of ether oxygens (including phenoxy) is 1. The molecule has 5 nitrogen and oxygen atoms in total. The summed E-state index contributed by atoms with van der Waals surface area (Å²) >= 11 is 5.85. The van der Waals surface area contributed by atoms with E-state index in [4.69, 9.17) is 22.1 Å². The second-order valence-corrected chi connectivity index (χ2v) is 8.97. The van der Waals surface area contributed by atoms with Crippen molar-refractivity contribution in [3.05, 3.63) is 64.7 Å². The fourth-order valence-corrected chi connectivity index (χ4v) is 5.66. The van der Waals surface area contributed by atoms with Gasteiger partial charge in [-0.25, -0.2) is 13.2 Å². The molecule has 0 heterocycles. The molecule has 1 saturated carbocycles. The van der Waals surface area contributed by atoms with Gasteiger partial charge in [0.1, 0.15) is 10.8 Å². The van der Waals surface area contributed by atoms with Crippen molar-refractivity contribution in [2.24, 2.45) is 5.73 Å². The van der Waals surface area contributed by atoms with Gasteiger partial charge in [-0.15, -0.1) is 0 Å². The molecule has 2 aromatic rings. The van der Waals surface area contributed by atoms with Crippen LogP contribution in [-0.2, 0) is 19.4 Å². The van der Waals surface area contributed by atoms with Gasteiger partial charge in [-0.3, -0.25) is 0 Å². The first-order chi connectivity index (χ1) is 12.2. The van der Waals surface area contributed by atoms with Gasteiger partial charge < -0.3 is 10.5 Å². The van der Waals surface area contributed by atoms with Crippen LogP contribution in [0.3, 0.4) is 0 Å². The van der Waals surface area contributed by atoms with E-state index in [2.05, 4.69) is 0 Å². The van der Waals surface area contributed by atoms with E-state index in [1.165, 1.54) is 24.3 Å². The lowest BCUT2D eigenvalue weighted by Gasteiger charge is -2.11. The third-order valence-corrected chi connectivity index (χ3v) is 7.23. The summed E-state index contributed by atoms with van der Waals surface area (Å²) in [6, 6.07) is 13.2. The van der Waals surface area contributed by atoms with Crippen molar-refractivity contribution in [1.82, 2.24) is 0 Å². The molecule has 138 valence electrons. The van der Waals surface area contributed by atoms with Gasteiger partial charge in [0, 0.05) is 10.9 Å². The summed E-state index contributed by atoms with van der Waals surface area (Å²) < 4.78 is 31.4. The van der Waals surface area contributed by atoms with Crippen LogP contribution in [0.4, 0.5) is 0 Å². The zero-order valence-electron chi connectivity index (χ0n) is 14.5. The highest BCUT2D eigenvalue weighted by Gasteiger charge is 2.74. The van der Waals surface area contributed by atoms with Crippen LogP contribution in [0.15, 0.2) is 53.4 Å². The van der Waals surface area contributed by atoms with Crippen LogP contribution in [0.2, 0.25) is 5.02 Å². The van der Waals surface area contributed by atoms with Crippen molar-refractivity contribution >= 4 is 27.4 Å². The first-order valence-corrected chi connectivity index (χ1v) is 10.2. The van der Waals surface area contributed by atoms with Gasteiger partial charge >= 0.3 is 5.97 Å². The Morgan fingerprint density at radius 2 is 1.73 bits per heavy atom. The molecular formula is C19H20ClNO4S. The van der Waals surface area contributed by atoms with Gasteiger partial charge in [0.15, 0.2) is 9.84 Å². The fraction of sp³-hybridized carbons (Fsp3) is 0.316. The Labute approximate surface area is 158 Å². The van der Waals surface area contributed by atoms with E-state index in [0.717, 1.165) is 5.56 Å². The van der Waals surface area contributed by atoms with Crippen LogP contribution in [0, 0.1) is 6.92 Å². The molecule has 0 spiro atoms. The van der Waals surface area contributed by atoms with Crippen molar-refractivity contribution in [3.8, 4) is 0 Å². The summed E-state index contributed by atoms with van der Waals surface area (Å²) in [6.45, 7) is 3.72. The molecule has 0 unspecified atom stereocenters. The normalized spacial score (nSPS) is 24.9. The van der Waals surface area contributed by atoms with Gasteiger partial charge in [0.2, 0.25) is 0 Å². The van der Waals surface area contributed by atoms with Crippen molar-refractivity contribution < 1.29 is 17.9 Å². The average molecular weight is 394 g/mol. The standard InChI is InChI=1S/C19H20ClNO4S/c1-3-25-18(22)19(21)16(13-6-4-12(2)5-7-13)17(19)26(23,24)15-10-8-14(20)9-11-15/h4-11,16-17H,3,21H2,1-2H3/t16-,17-,19+/m1/s1. The number of hydrogen-bond acceptors (Lipinski definition) is 5. The summed E-state index contributed by atoms with van der Waals surface area (Å²) in [5.41, 5.74) is 6.44. The molecule has 0 aromatic heterocycles. The van der Waals surface area contributed by atoms with Crippen LogP contribution in [0.1, 0.15) is 24.0 Å². The maximum absolute atomic E-state index is 13.1. The Bertz CT molecular complexity index is 925. The van der Waals surface area contributed by atoms with E-state index < -0.39 is 32.5 Å². The highest BCUT2D eigenvalue weighted by Crippen LogP contribution is 2.56. The van der Waals surface area contributed by atoms with E-state index >= 15 is 0 Å². The number of rotatable bonds is 5. The fourth-order valence-electron chi connectivity index (χ4n) is 3.30. The number of benzene rings is 2. The van der Waals surface area contributed by atoms with Crippen molar-refractivity contribution in [3.63, 3.8) is 0 Å². The first-order valence-electron chi connectivity index (χ1n) is 8.25. The smallest absolute Gasteiger partial charge is 0.328 e. The lowest BCUT2D eigenvalue weighted by atomic mass is 10.1. The van der Waals surface area contributed by atoms with Crippen molar-refractivity contribution in [2.75, 3.05) is 6.61 Å². The molecular weight excluding hydrogens is 374 g/mol. The zero-order valence-corrected chi connectivity index (χ0v) is 16.0. The number of hydrogen-bond donors (Lipinski definition) is 1. The molecule has 2 aromatic carbocycles. The third-order valence-electron chi connectivity index (χ3n) is 4.72. The average Bonchev–Trinajstić information content (AvgIpc) is 3.25. The third kappa shape index (κ3) is 3.02. The van der Waals surface area contributed by atoms with Gasteiger partial charge in [-0.1, -0.05) is 41.4 Å². The van der Waals surface area contributed by atoms with E-state index in [1.54, 1.807) is 19.1 Å². The zero-order chi connectivity index (χ0) is 19.1. The predicted octanol–water partition coefficient (Wildman–Crippen LogP) is 2.85. The first kappa shape index (κ1) is 18.9. The molecule has 1 fully saturated rings. The Hall–Kier alpha value is -1.89. The Morgan fingerprint density at radius 3 is 2.27 bits per heavy atom. The van der Waals surface area contributed by atoms with Crippen molar-refractivity contribution in [2.45, 2.75) is 35.4 Å². The monoisotopic (exact) mass is 393 g/mol. The van der Waals surface area contributed by atoms with Crippen molar-refractivity contribution in [1.29, 1.82) is 0 Å². The van der Waals surface area contributed by atoms with Crippen LogP contribution in [0.5, 0.6) is 0 Å². The van der Waals surface area contributed by atoms with Gasteiger partial charge in [0.25, 0.3) is 0 Å². The quantitative estimate of drug-likeness (QED) is 0.789. The molecule has 2 N–H and O–H groups in total. The highest BCUT2D eigenvalue weighted by atomic mass is 35.5. The summed E-state index contributed by atoms with van der Waals surface area (Å²) in [5.74, 6) is -1.36. The maximum atomic E-state index is 13.1. The van der Waals surface area contributed by atoms with Crippen LogP contribution < -0.4 is 5.73 Å². The second-order valence-electron chi connectivity index (χ2n) is 6.46. The Kier molecular flexibility index (Phi) is 4.86. The highest BCUT2D eigenvalue weighted by molar-refractivity contribution is 7.92. The number of carbonyl (C=O) groups excluding carboxylic acids is 1. The molecule has 3 rings (SSSR count). The van der Waals surface area contributed by atoms with Crippen LogP contribution in [0.25, 0.3) is 0 Å². The minimum absolute atomic E-state index is 0.0839. The summed E-state index contributed by atoms with van der Waals surface area (Å²) in [5, 5.41) is -0.655. The molecule has 7 heteroatoms. The molecule has 0 saturated heterocycles. The van der Waals surface area contributed by atoms with Crippen LogP contribution in [-0.4, -0.2) is 31.8 Å². The predicted molar refractivity (Wildman–Crippen MR) is 99.9 cm³/mol. The molecule has 0 aliphatic heterocycles. The molecule has 3 atom stereocenters. The topological polar surface area (TPSA) is 86.5 Å². The van der Waals surface area contributed by atoms with E-state index in [-0.39, 0.29) is 11.5 Å². The SMILES string of the molecule is CCOC(=O)[C@]1(N)[C@H](c2ccc(C)cc2)[C@H]1S(=O)(=O)c1ccc(Cl)cc1. The van der Waals surface area contributed by atoms with Crippen LogP contribution >= 0.6 is 11.6 Å². The summed E-state index contributed by atoms with van der Waals surface area (Å²) in [6.07, 6.45) is 0. The molecule has 0 radical (unpaired) electrons. The summed E-state index contributed by atoms with van der Waals surface area (Å²) in [4.78, 5) is 12.6. The molecule has 1 aliphatic carbocycles. The van der Waals surface area contributed by atoms with Gasteiger partial charge in [-0.2, -0.15) is 0 Å². The minimum atomic E-state index is -3.85. The minimum Gasteiger partial charge on any atom is -0.465 e. The van der Waals surface area contributed by atoms with Gasteiger partial charge in [-0.05, 0) is 43.7 Å². The molecule has 0 bridgehead atoms. The lowest BCUT2D eigenvalue weighted by Crippen LogP contribution is -2.41. The number of halogens is 1. The number of esters is 1.